The molecule has 9 heteroatoms. The number of amides is 1. The van der Waals surface area contributed by atoms with Gasteiger partial charge in [-0.3, -0.25) is 4.79 Å². The van der Waals surface area contributed by atoms with Crippen LogP contribution in [0, 0.1) is 6.92 Å². The number of anilines is 1. The SMILES string of the molecule is COc1ccc(Cn2nnnc2SC(C)C(=O)Nc2cc(C)ccc2OC)cc1. The molecule has 1 atom stereocenters. The van der Waals surface area contributed by atoms with E-state index in [-0.39, 0.29) is 5.91 Å². The number of aromatic nitrogens is 4. The molecule has 0 bridgehead atoms. The lowest BCUT2D eigenvalue weighted by molar-refractivity contribution is -0.115. The molecule has 3 rings (SSSR count). The Balaban J connectivity index is 1.66. The van der Waals surface area contributed by atoms with Gasteiger partial charge in [0.05, 0.1) is 31.7 Å². The third kappa shape index (κ3) is 5.26. The third-order valence-electron chi connectivity index (χ3n) is 4.25. The van der Waals surface area contributed by atoms with Crippen molar-refractivity contribution in [3.63, 3.8) is 0 Å². The van der Waals surface area contributed by atoms with Crippen LogP contribution in [-0.4, -0.2) is 45.6 Å². The molecule has 1 amide bonds. The Labute approximate surface area is 173 Å². The number of nitrogens with one attached hydrogen (secondary N) is 1. The Morgan fingerprint density at radius 3 is 2.62 bits per heavy atom. The van der Waals surface area contributed by atoms with Gasteiger partial charge in [0, 0.05) is 0 Å². The maximum Gasteiger partial charge on any atom is 0.237 e. The van der Waals surface area contributed by atoms with Crippen LogP contribution in [0.5, 0.6) is 11.5 Å². The lowest BCUT2D eigenvalue weighted by Gasteiger charge is -2.14. The van der Waals surface area contributed by atoms with E-state index < -0.39 is 5.25 Å². The zero-order chi connectivity index (χ0) is 20.8. The molecule has 1 aromatic heterocycles. The fourth-order valence-corrected chi connectivity index (χ4v) is 3.44. The maximum atomic E-state index is 12.7. The van der Waals surface area contributed by atoms with Gasteiger partial charge in [0.15, 0.2) is 0 Å². The summed E-state index contributed by atoms with van der Waals surface area (Å²) >= 11 is 1.30. The van der Waals surface area contributed by atoms with Gasteiger partial charge in [-0.15, -0.1) is 5.10 Å². The highest BCUT2D eigenvalue weighted by Gasteiger charge is 2.20. The Morgan fingerprint density at radius 1 is 1.17 bits per heavy atom. The molecule has 0 fully saturated rings. The predicted molar refractivity (Wildman–Crippen MR) is 112 cm³/mol. The first kappa shape index (κ1) is 20.7. The average molecular weight is 414 g/mol. The molecule has 29 heavy (non-hydrogen) atoms. The molecule has 0 spiro atoms. The van der Waals surface area contributed by atoms with Crippen molar-refractivity contribution >= 4 is 23.4 Å². The van der Waals surface area contributed by atoms with Crippen LogP contribution in [0.15, 0.2) is 47.6 Å². The molecule has 0 saturated carbocycles. The molecule has 0 radical (unpaired) electrons. The molecule has 0 aliphatic heterocycles. The number of carbonyl (C=O) groups is 1. The van der Waals surface area contributed by atoms with E-state index in [2.05, 4.69) is 20.8 Å². The molecule has 1 N–H and O–H groups in total. The van der Waals surface area contributed by atoms with Gasteiger partial charge in [-0.25, -0.2) is 4.68 Å². The number of ether oxygens (including phenoxy) is 2. The number of thioether (sulfide) groups is 1. The Hall–Kier alpha value is -3.07. The van der Waals surface area contributed by atoms with Crippen LogP contribution in [0.25, 0.3) is 0 Å². The summed E-state index contributed by atoms with van der Waals surface area (Å²) in [6.45, 7) is 4.27. The molecule has 1 heterocycles. The van der Waals surface area contributed by atoms with Crippen LogP contribution < -0.4 is 14.8 Å². The maximum absolute atomic E-state index is 12.7. The van der Waals surface area contributed by atoms with Crippen molar-refractivity contribution < 1.29 is 14.3 Å². The van der Waals surface area contributed by atoms with Gasteiger partial charge in [0.1, 0.15) is 11.5 Å². The van der Waals surface area contributed by atoms with Gasteiger partial charge in [-0.2, -0.15) is 0 Å². The van der Waals surface area contributed by atoms with E-state index in [9.17, 15) is 4.79 Å². The number of hydrogen-bond acceptors (Lipinski definition) is 7. The van der Waals surface area contributed by atoms with Crippen molar-refractivity contribution in [2.75, 3.05) is 19.5 Å². The first-order valence-corrected chi connectivity index (χ1v) is 9.89. The molecule has 0 aliphatic rings. The normalized spacial score (nSPS) is 11.7. The number of benzene rings is 2. The average Bonchev–Trinajstić information content (AvgIpc) is 3.15. The first-order valence-electron chi connectivity index (χ1n) is 9.01. The monoisotopic (exact) mass is 413 g/mol. The highest BCUT2D eigenvalue weighted by atomic mass is 32.2. The van der Waals surface area contributed by atoms with Crippen LogP contribution in [0.4, 0.5) is 5.69 Å². The van der Waals surface area contributed by atoms with Gasteiger partial charge < -0.3 is 14.8 Å². The molecule has 2 aromatic carbocycles. The fraction of sp³-hybridized carbons (Fsp3) is 0.300. The Bertz CT molecular complexity index is 975. The molecule has 0 saturated heterocycles. The second-order valence-corrected chi connectivity index (χ2v) is 7.73. The lowest BCUT2D eigenvalue weighted by Crippen LogP contribution is -2.23. The van der Waals surface area contributed by atoms with Crippen LogP contribution >= 0.6 is 11.8 Å². The molecular weight excluding hydrogens is 390 g/mol. The highest BCUT2D eigenvalue weighted by Crippen LogP contribution is 2.27. The van der Waals surface area contributed by atoms with E-state index in [1.807, 2.05) is 56.3 Å². The van der Waals surface area contributed by atoms with E-state index in [0.29, 0.717) is 23.1 Å². The number of hydrogen-bond donors (Lipinski definition) is 1. The Kier molecular flexibility index (Phi) is 6.71. The summed E-state index contributed by atoms with van der Waals surface area (Å²) in [4.78, 5) is 12.7. The zero-order valence-electron chi connectivity index (χ0n) is 16.7. The van der Waals surface area contributed by atoms with Crippen molar-refractivity contribution in [2.24, 2.45) is 0 Å². The molecule has 3 aromatic rings. The summed E-state index contributed by atoms with van der Waals surface area (Å²) in [5.41, 5.74) is 2.70. The number of nitrogens with zero attached hydrogens (tertiary/aromatic N) is 4. The zero-order valence-corrected chi connectivity index (χ0v) is 17.6. The number of methoxy groups -OCH3 is 2. The number of aryl methyl sites for hydroxylation is 1. The largest absolute Gasteiger partial charge is 0.497 e. The summed E-state index contributed by atoms with van der Waals surface area (Å²) < 4.78 is 12.2. The minimum Gasteiger partial charge on any atom is -0.497 e. The van der Waals surface area contributed by atoms with Crippen molar-refractivity contribution in [1.82, 2.24) is 20.2 Å². The predicted octanol–water partition coefficient (Wildman–Crippen LogP) is 3.17. The van der Waals surface area contributed by atoms with Crippen molar-refractivity contribution in [2.45, 2.75) is 30.8 Å². The summed E-state index contributed by atoms with van der Waals surface area (Å²) in [5.74, 6) is 1.25. The topological polar surface area (TPSA) is 91.2 Å². The highest BCUT2D eigenvalue weighted by molar-refractivity contribution is 8.00. The van der Waals surface area contributed by atoms with Gasteiger partial charge in [0.25, 0.3) is 0 Å². The second kappa shape index (κ2) is 9.42. The quantitative estimate of drug-likeness (QED) is 0.567. The minimum absolute atomic E-state index is 0.155. The minimum atomic E-state index is -0.402. The number of tetrazole rings is 1. The summed E-state index contributed by atoms with van der Waals surface area (Å²) in [5, 5.41) is 14.9. The van der Waals surface area contributed by atoms with Gasteiger partial charge >= 0.3 is 0 Å². The van der Waals surface area contributed by atoms with Crippen LogP contribution in [0.3, 0.4) is 0 Å². The van der Waals surface area contributed by atoms with Crippen LogP contribution in [0.2, 0.25) is 0 Å². The van der Waals surface area contributed by atoms with Gasteiger partial charge in [-0.1, -0.05) is 30.0 Å². The molecule has 8 nitrogen and oxygen atoms in total. The third-order valence-corrected chi connectivity index (χ3v) is 5.33. The summed E-state index contributed by atoms with van der Waals surface area (Å²) in [7, 11) is 3.20. The van der Waals surface area contributed by atoms with Crippen molar-refractivity contribution in [1.29, 1.82) is 0 Å². The summed E-state index contributed by atoms with van der Waals surface area (Å²) in [6, 6.07) is 13.3. The van der Waals surface area contributed by atoms with E-state index >= 15 is 0 Å². The van der Waals surface area contributed by atoms with Crippen LogP contribution in [-0.2, 0) is 11.3 Å². The van der Waals surface area contributed by atoms with Crippen molar-refractivity contribution in [3.8, 4) is 11.5 Å². The molecule has 0 aliphatic carbocycles. The smallest absolute Gasteiger partial charge is 0.237 e. The summed E-state index contributed by atoms with van der Waals surface area (Å²) in [6.07, 6.45) is 0. The number of carbonyl (C=O) groups excluding carboxylic acids is 1. The second-order valence-electron chi connectivity index (χ2n) is 6.42. The lowest BCUT2D eigenvalue weighted by atomic mass is 10.2. The van der Waals surface area contributed by atoms with E-state index in [1.54, 1.807) is 18.9 Å². The van der Waals surface area contributed by atoms with E-state index in [4.69, 9.17) is 9.47 Å². The molecular formula is C20H23N5O3S. The van der Waals surface area contributed by atoms with Crippen LogP contribution in [0.1, 0.15) is 18.1 Å². The molecule has 152 valence electrons. The van der Waals surface area contributed by atoms with Crippen molar-refractivity contribution in [3.05, 3.63) is 53.6 Å². The standard InChI is InChI=1S/C20H23N5O3S/c1-13-5-10-18(28-4)17(11-13)21-19(26)14(2)29-20-22-23-24-25(20)12-15-6-8-16(27-3)9-7-15/h5-11,14H,12H2,1-4H3,(H,21,26). The van der Waals surface area contributed by atoms with Gasteiger partial charge in [-0.05, 0) is 59.7 Å². The van der Waals surface area contributed by atoms with E-state index in [0.717, 1.165) is 16.9 Å². The van der Waals surface area contributed by atoms with E-state index in [1.165, 1.54) is 11.8 Å². The Morgan fingerprint density at radius 2 is 1.93 bits per heavy atom. The number of rotatable bonds is 8. The first-order chi connectivity index (χ1) is 14.0. The fourth-order valence-electron chi connectivity index (χ4n) is 2.65. The van der Waals surface area contributed by atoms with Gasteiger partial charge in [0.2, 0.25) is 11.1 Å². The molecule has 1 unspecified atom stereocenters.